The van der Waals surface area contributed by atoms with E-state index in [1.54, 1.807) is 12.1 Å². The molecule has 1 heterocycles. The lowest BCUT2D eigenvalue weighted by molar-refractivity contribution is -0.120. The van der Waals surface area contributed by atoms with E-state index in [1.807, 2.05) is 13.0 Å². The predicted octanol–water partition coefficient (Wildman–Crippen LogP) is 2.40. The van der Waals surface area contributed by atoms with Crippen molar-refractivity contribution in [2.24, 2.45) is 0 Å². The first-order chi connectivity index (χ1) is 9.79. The molecule has 0 aliphatic carbocycles. The van der Waals surface area contributed by atoms with Crippen molar-refractivity contribution < 1.29 is 13.2 Å². The number of nitrogens with zero attached hydrogens (tertiary/aromatic N) is 1. The number of anilines is 1. The van der Waals surface area contributed by atoms with Gasteiger partial charge in [0, 0.05) is 6.54 Å². The highest BCUT2D eigenvalue weighted by atomic mass is 35.5. The lowest BCUT2D eigenvalue weighted by Gasteiger charge is -2.32. The van der Waals surface area contributed by atoms with Crippen molar-refractivity contribution in [3.05, 3.63) is 28.8 Å². The van der Waals surface area contributed by atoms with E-state index in [9.17, 15) is 13.2 Å². The molecule has 0 unspecified atom stereocenters. The van der Waals surface area contributed by atoms with Crippen LogP contribution in [-0.4, -0.2) is 37.5 Å². The van der Waals surface area contributed by atoms with Crippen molar-refractivity contribution in [3.63, 3.8) is 0 Å². The van der Waals surface area contributed by atoms with Gasteiger partial charge in [0.05, 0.1) is 17.0 Å². The zero-order chi connectivity index (χ0) is 15.6. The number of hydrogen-bond acceptors (Lipinski definition) is 3. The van der Waals surface area contributed by atoms with Gasteiger partial charge in [-0.15, -0.1) is 0 Å². The number of nitrogens with one attached hydrogen (secondary N) is 1. The molecule has 1 aromatic rings. The molecule has 1 saturated heterocycles. The van der Waals surface area contributed by atoms with Gasteiger partial charge in [0.25, 0.3) is 0 Å². The molecule has 0 bridgehead atoms. The summed E-state index contributed by atoms with van der Waals surface area (Å²) in [5.41, 5.74) is 1.50. The Kier molecular flexibility index (Phi) is 4.91. The molecule has 116 valence electrons. The largest absolute Gasteiger partial charge is 0.323 e. The number of sulfonamides is 1. The SMILES string of the molecule is Cc1ccc(NC(=O)[C@@H]2CCCCN2S(C)(=O)=O)c(Cl)c1. The van der Waals surface area contributed by atoms with Gasteiger partial charge in [-0.2, -0.15) is 4.31 Å². The van der Waals surface area contributed by atoms with Gasteiger partial charge in [0.1, 0.15) is 6.04 Å². The molecule has 5 nitrogen and oxygen atoms in total. The van der Waals surface area contributed by atoms with Crippen molar-refractivity contribution in [1.82, 2.24) is 4.31 Å². The Bertz CT molecular complexity index is 646. The summed E-state index contributed by atoms with van der Waals surface area (Å²) in [6.45, 7) is 2.29. The number of halogens is 1. The average Bonchev–Trinajstić information content (AvgIpc) is 2.41. The second-order valence-electron chi connectivity index (χ2n) is 5.36. The van der Waals surface area contributed by atoms with Gasteiger partial charge < -0.3 is 5.32 Å². The van der Waals surface area contributed by atoms with Crippen molar-refractivity contribution >= 4 is 33.2 Å². The summed E-state index contributed by atoms with van der Waals surface area (Å²) in [7, 11) is -3.39. The smallest absolute Gasteiger partial charge is 0.242 e. The van der Waals surface area contributed by atoms with Crippen molar-refractivity contribution in [2.75, 3.05) is 18.1 Å². The van der Waals surface area contributed by atoms with Gasteiger partial charge >= 0.3 is 0 Å². The summed E-state index contributed by atoms with van der Waals surface area (Å²) >= 11 is 6.09. The molecule has 1 aliphatic rings. The van der Waals surface area contributed by atoms with Crippen LogP contribution in [0.1, 0.15) is 24.8 Å². The molecule has 1 aliphatic heterocycles. The summed E-state index contributed by atoms with van der Waals surface area (Å²) in [6.07, 6.45) is 3.29. The first kappa shape index (κ1) is 16.3. The van der Waals surface area contributed by atoms with Crippen molar-refractivity contribution in [3.8, 4) is 0 Å². The highest BCUT2D eigenvalue weighted by molar-refractivity contribution is 7.88. The lowest BCUT2D eigenvalue weighted by Crippen LogP contribution is -2.49. The maximum absolute atomic E-state index is 12.4. The second kappa shape index (κ2) is 6.34. The maximum Gasteiger partial charge on any atom is 0.242 e. The average molecular weight is 331 g/mol. The Morgan fingerprint density at radius 2 is 2.10 bits per heavy atom. The van der Waals surface area contributed by atoms with Gasteiger partial charge in [-0.3, -0.25) is 4.79 Å². The first-order valence-corrected chi connectivity index (χ1v) is 9.05. The molecule has 1 atom stereocenters. The topological polar surface area (TPSA) is 66.5 Å². The maximum atomic E-state index is 12.4. The molecule has 7 heteroatoms. The van der Waals surface area contributed by atoms with Crippen LogP contribution in [0.25, 0.3) is 0 Å². The van der Waals surface area contributed by atoms with Crippen LogP contribution in [-0.2, 0) is 14.8 Å². The Hall–Kier alpha value is -1.11. The Morgan fingerprint density at radius 1 is 1.38 bits per heavy atom. The summed E-state index contributed by atoms with van der Waals surface area (Å²) in [5.74, 6) is -0.328. The lowest BCUT2D eigenvalue weighted by atomic mass is 10.0. The predicted molar refractivity (Wildman–Crippen MR) is 84.0 cm³/mol. The molecule has 21 heavy (non-hydrogen) atoms. The molecule has 2 rings (SSSR count). The van der Waals surface area contributed by atoms with E-state index < -0.39 is 16.1 Å². The Labute approximate surface area is 130 Å². The zero-order valence-electron chi connectivity index (χ0n) is 12.1. The summed E-state index contributed by atoms with van der Waals surface area (Å²) in [5, 5.41) is 3.18. The van der Waals surface area contributed by atoms with E-state index in [1.165, 1.54) is 4.31 Å². The Balaban J connectivity index is 2.18. The van der Waals surface area contributed by atoms with Gasteiger partial charge in [0.2, 0.25) is 15.9 Å². The second-order valence-corrected chi connectivity index (χ2v) is 7.70. The van der Waals surface area contributed by atoms with E-state index in [0.29, 0.717) is 23.7 Å². The highest BCUT2D eigenvalue weighted by Gasteiger charge is 2.34. The zero-order valence-corrected chi connectivity index (χ0v) is 13.7. The van der Waals surface area contributed by atoms with Crippen LogP contribution in [0.15, 0.2) is 18.2 Å². The molecule has 0 aromatic heterocycles. The summed E-state index contributed by atoms with van der Waals surface area (Å²) in [4.78, 5) is 12.4. The molecule has 1 aromatic carbocycles. The van der Waals surface area contributed by atoms with Crippen LogP contribution in [0.2, 0.25) is 5.02 Å². The normalized spacial score (nSPS) is 20.2. The van der Waals surface area contributed by atoms with Crippen molar-refractivity contribution in [2.45, 2.75) is 32.2 Å². The standard InChI is InChI=1S/C14H19ClN2O3S/c1-10-6-7-12(11(15)9-10)16-14(18)13-5-3-4-8-17(13)21(2,19)20/h6-7,9,13H,3-5,8H2,1-2H3,(H,16,18)/t13-/m0/s1. The monoisotopic (exact) mass is 330 g/mol. The van der Waals surface area contributed by atoms with E-state index in [0.717, 1.165) is 24.7 Å². The number of aryl methyl sites for hydroxylation is 1. The van der Waals surface area contributed by atoms with Crippen LogP contribution in [0.3, 0.4) is 0 Å². The van der Waals surface area contributed by atoms with E-state index in [-0.39, 0.29) is 5.91 Å². The molecule has 0 saturated carbocycles. The molecular formula is C14H19ClN2O3S. The number of carbonyl (C=O) groups is 1. The minimum Gasteiger partial charge on any atom is -0.323 e. The first-order valence-electron chi connectivity index (χ1n) is 6.83. The van der Waals surface area contributed by atoms with Crippen LogP contribution in [0.5, 0.6) is 0 Å². The fourth-order valence-corrected chi connectivity index (χ4v) is 3.91. The van der Waals surface area contributed by atoms with Gasteiger partial charge in [-0.25, -0.2) is 8.42 Å². The molecular weight excluding hydrogens is 312 g/mol. The molecule has 1 fully saturated rings. The molecule has 1 amide bonds. The minimum absolute atomic E-state index is 0.328. The van der Waals surface area contributed by atoms with Crippen LogP contribution in [0, 0.1) is 6.92 Å². The van der Waals surface area contributed by atoms with Crippen LogP contribution in [0.4, 0.5) is 5.69 Å². The van der Waals surface area contributed by atoms with Crippen LogP contribution >= 0.6 is 11.6 Å². The van der Waals surface area contributed by atoms with E-state index in [4.69, 9.17) is 11.6 Å². The third-order valence-electron chi connectivity index (χ3n) is 3.56. The Morgan fingerprint density at radius 3 is 2.71 bits per heavy atom. The highest BCUT2D eigenvalue weighted by Crippen LogP contribution is 2.25. The van der Waals surface area contributed by atoms with E-state index in [2.05, 4.69) is 5.32 Å². The minimum atomic E-state index is -3.39. The van der Waals surface area contributed by atoms with Gasteiger partial charge in [-0.1, -0.05) is 24.1 Å². The molecule has 0 spiro atoms. The number of carbonyl (C=O) groups excluding carboxylic acids is 1. The third kappa shape index (κ3) is 3.96. The number of hydrogen-bond donors (Lipinski definition) is 1. The third-order valence-corrected chi connectivity index (χ3v) is 5.17. The van der Waals surface area contributed by atoms with Gasteiger partial charge in [0.15, 0.2) is 0 Å². The number of rotatable bonds is 3. The number of piperidine rings is 1. The van der Waals surface area contributed by atoms with Crippen molar-refractivity contribution in [1.29, 1.82) is 0 Å². The van der Waals surface area contributed by atoms with Gasteiger partial charge in [-0.05, 0) is 37.5 Å². The summed E-state index contributed by atoms with van der Waals surface area (Å²) in [6, 6.07) is 4.66. The quantitative estimate of drug-likeness (QED) is 0.925. The number of benzene rings is 1. The molecule has 0 radical (unpaired) electrons. The summed E-state index contributed by atoms with van der Waals surface area (Å²) < 4.78 is 24.8. The van der Waals surface area contributed by atoms with Crippen LogP contribution < -0.4 is 5.32 Å². The number of amides is 1. The molecule has 1 N–H and O–H groups in total. The fourth-order valence-electron chi connectivity index (χ4n) is 2.50. The fraction of sp³-hybridized carbons (Fsp3) is 0.500. The van der Waals surface area contributed by atoms with E-state index >= 15 is 0 Å².